The van der Waals surface area contributed by atoms with Crippen LogP contribution in [0.25, 0.3) is 0 Å². The highest BCUT2D eigenvalue weighted by atomic mass is 35.5. The van der Waals surface area contributed by atoms with E-state index in [1.54, 1.807) is 29.2 Å². The molecular formula is C19H26ClN3O2. The van der Waals surface area contributed by atoms with Gasteiger partial charge in [0.25, 0.3) is 5.91 Å². The average molecular weight is 364 g/mol. The van der Waals surface area contributed by atoms with Gasteiger partial charge < -0.3 is 15.5 Å². The van der Waals surface area contributed by atoms with Crippen molar-refractivity contribution in [2.75, 3.05) is 32.7 Å². The van der Waals surface area contributed by atoms with E-state index in [0.29, 0.717) is 29.6 Å². The summed E-state index contributed by atoms with van der Waals surface area (Å²) in [5.41, 5.74) is 0.624. The number of benzene rings is 1. The molecule has 2 saturated heterocycles. The second-order valence-corrected chi connectivity index (χ2v) is 7.47. The molecule has 0 radical (unpaired) electrons. The SMILES string of the molecule is O=C(NCCC1CCNC1)C1CCCN(C(=O)c2ccc(Cl)cc2)C1. The van der Waals surface area contributed by atoms with Crippen LogP contribution >= 0.6 is 11.6 Å². The Morgan fingerprint density at radius 2 is 2.04 bits per heavy atom. The molecule has 0 saturated carbocycles. The van der Waals surface area contributed by atoms with Crippen LogP contribution in [-0.2, 0) is 4.79 Å². The summed E-state index contributed by atoms with van der Waals surface area (Å²) in [6.45, 7) is 4.08. The van der Waals surface area contributed by atoms with Gasteiger partial charge in [-0.15, -0.1) is 0 Å². The molecule has 0 bridgehead atoms. The normalized spacial score (nSPS) is 23.5. The maximum Gasteiger partial charge on any atom is 0.253 e. The van der Waals surface area contributed by atoms with Gasteiger partial charge in [0.15, 0.2) is 0 Å². The molecule has 0 aromatic heterocycles. The monoisotopic (exact) mass is 363 g/mol. The van der Waals surface area contributed by atoms with Crippen LogP contribution in [0.2, 0.25) is 5.02 Å². The first-order chi connectivity index (χ1) is 12.1. The number of piperidine rings is 1. The number of hydrogen-bond acceptors (Lipinski definition) is 3. The van der Waals surface area contributed by atoms with Crippen molar-refractivity contribution in [3.05, 3.63) is 34.9 Å². The Morgan fingerprint density at radius 3 is 2.76 bits per heavy atom. The van der Waals surface area contributed by atoms with Crippen molar-refractivity contribution in [3.63, 3.8) is 0 Å². The number of halogens is 1. The van der Waals surface area contributed by atoms with E-state index in [9.17, 15) is 9.59 Å². The summed E-state index contributed by atoms with van der Waals surface area (Å²) in [6, 6.07) is 6.93. The van der Waals surface area contributed by atoms with E-state index >= 15 is 0 Å². The second-order valence-electron chi connectivity index (χ2n) is 7.04. The average Bonchev–Trinajstić information content (AvgIpc) is 3.15. The van der Waals surface area contributed by atoms with E-state index in [4.69, 9.17) is 11.6 Å². The standard InChI is InChI=1S/C19H26ClN3O2/c20-17-5-3-15(4-6-17)19(25)23-11-1-2-16(13-23)18(24)22-10-8-14-7-9-21-12-14/h3-6,14,16,21H,1-2,7-13H2,(H,22,24). The highest BCUT2D eigenvalue weighted by Gasteiger charge is 2.29. The smallest absolute Gasteiger partial charge is 0.253 e. The molecule has 2 N–H and O–H groups in total. The van der Waals surface area contributed by atoms with E-state index in [-0.39, 0.29) is 17.7 Å². The highest BCUT2D eigenvalue weighted by molar-refractivity contribution is 6.30. The molecule has 2 atom stereocenters. The maximum absolute atomic E-state index is 12.6. The van der Waals surface area contributed by atoms with Crippen molar-refractivity contribution in [3.8, 4) is 0 Å². The number of rotatable bonds is 5. The van der Waals surface area contributed by atoms with E-state index in [1.807, 2.05) is 0 Å². The Bertz CT molecular complexity index is 599. The molecule has 2 aliphatic heterocycles. The number of amides is 2. The molecule has 5 nitrogen and oxygen atoms in total. The van der Waals surface area contributed by atoms with Gasteiger partial charge in [0, 0.05) is 30.2 Å². The molecule has 1 aromatic carbocycles. The fraction of sp³-hybridized carbons (Fsp3) is 0.579. The molecule has 1 aromatic rings. The number of nitrogens with zero attached hydrogens (tertiary/aromatic N) is 1. The van der Waals surface area contributed by atoms with Crippen LogP contribution in [0.4, 0.5) is 0 Å². The van der Waals surface area contributed by atoms with Gasteiger partial charge in [0.1, 0.15) is 0 Å². The summed E-state index contributed by atoms with van der Waals surface area (Å²) in [5.74, 6) is 0.632. The van der Waals surface area contributed by atoms with Gasteiger partial charge in [-0.3, -0.25) is 9.59 Å². The van der Waals surface area contributed by atoms with Gasteiger partial charge in [0.05, 0.1) is 5.92 Å². The predicted octanol–water partition coefficient (Wildman–Crippen LogP) is 2.31. The summed E-state index contributed by atoms with van der Waals surface area (Å²) in [4.78, 5) is 26.8. The van der Waals surface area contributed by atoms with Gasteiger partial charge >= 0.3 is 0 Å². The van der Waals surface area contributed by atoms with E-state index in [1.165, 1.54) is 6.42 Å². The van der Waals surface area contributed by atoms with Crippen molar-refractivity contribution >= 4 is 23.4 Å². The maximum atomic E-state index is 12.6. The quantitative estimate of drug-likeness (QED) is 0.843. The van der Waals surface area contributed by atoms with Crippen LogP contribution in [-0.4, -0.2) is 49.4 Å². The van der Waals surface area contributed by atoms with Gasteiger partial charge in [0.2, 0.25) is 5.91 Å². The third-order valence-electron chi connectivity index (χ3n) is 5.18. The van der Waals surface area contributed by atoms with Gasteiger partial charge in [-0.05, 0) is 69.0 Å². The van der Waals surface area contributed by atoms with E-state index in [0.717, 1.165) is 38.9 Å². The van der Waals surface area contributed by atoms with Crippen molar-refractivity contribution < 1.29 is 9.59 Å². The van der Waals surface area contributed by atoms with Crippen molar-refractivity contribution in [2.24, 2.45) is 11.8 Å². The number of carbonyl (C=O) groups is 2. The molecule has 6 heteroatoms. The topological polar surface area (TPSA) is 61.4 Å². The van der Waals surface area contributed by atoms with Crippen LogP contribution in [0.5, 0.6) is 0 Å². The molecule has 2 amide bonds. The molecule has 3 rings (SSSR count). The third kappa shape index (κ3) is 4.95. The zero-order valence-electron chi connectivity index (χ0n) is 14.5. The summed E-state index contributed by atoms with van der Waals surface area (Å²) in [7, 11) is 0. The molecule has 0 aliphatic carbocycles. The lowest BCUT2D eigenvalue weighted by atomic mass is 9.96. The van der Waals surface area contributed by atoms with Crippen molar-refractivity contribution in [2.45, 2.75) is 25.7 Å². The minimum Gasteiger partial charge on any atom is -0.356 e. The van der Waals surface area contributed by atoms with Gasteiger partial charge in [-0.25, -0.2) is 0 Å². The van der Waals surface area contributed by atoms with Crippen LogP contribution in [0.3, 0.4) is 0 Å². The second kappa shape index (κ2) is 8.68. The minimum absolute atomic E-state index is 0.0220. The summed E-state index contributed by atoms with van der Waals surface area (Å²) in [5, 5.41) is 7.03. The molecular weight excluding hydrogens is 338 g/mol. The predicted molar refractivity (Wildman–Crippen MR) is 98.7 cm³/mol. The fourth-order valence-electron chi connectivity index (χ4n) is 3.66. The first-order valence-electron chi connectivity index (χ1n) is 9.17. The number of carbonyl (C=O) groups excluding carboxylic acids is 2. The Labute approximate surface area is 154 Å². The van der Waals surface area contributed by atoms with Crippen LogP contribution in [0.1, 0.15) is 36.0 Å². The number of likely N-dealkylation sites (tertiary alicyclic amines) is 1. The zero-order chi connectivity index (χ0) is 17.6. The summed E-state index contributed by atoms with van der Waals surface area (Å²) in [6.07, 6.45) is 3.94. The molecule has 136 valence electrons. The molecule has 2 aliphatic rings. The zero-order valence-corrected chi connectivity index (χ0v) is 15.2. The van der Waals surface area contributed by atoms with Gasteiger partial charge in [-0.2, -0.15) is 0 Å². The Kier molecular flexibility index (Phi) is 6.32. The fourth-order valence-corrected chi connectivity index (χ4v) is 3.78. The Balaban J connectivity index is 1.48. The Hall–Kier alpha value is -1.59. The number of nitrogens with one attached hydrogen (secondary N) is 2. The van der Waals surface area contributed by atoms with Crippen LogP contribution in [0, 0.1) is 11.8 Å². The van der Waals surface area contributed by atoms with E-state index in [2.05, 4.69) is 10.6 Å². The molecule has 0 spiro atoms. The minimum atomic E-state index is -0.105. The van der Waals surface area contributed by atoms with Crippen molar-refractivity contribution in [1.29, 1.82) is 0 Å². The largest absolute Gasteiger partial charge is 0.356 e. The first kappa shape index (κ1) is 18.2. The Morgan fingerprint density at radius 1 is 1.24 bits per heavy atom. The molecule has 2 heterocycles. The lowest BCUT2D eigenvalue weighted by molar-refractivity contribution is -0.126. The van der Waals surface area contributed by atoms with Crippen LogP contribution < -0.4 is 10.6 Å². The lowest BCUT2D eigenvalue weighted by Gasteiger charge is -2.32. The molecule has 2 fully saturated rings. The van der Waals surface area contributed by atoms with Crippen LogP contribution in [0.15, 0.2) is 24.3 Å². The summed E-state index contributed by atoms with van der Waals surface area (Å²) < 4.78 is 0. The van der Waals surface area contributed by atoms with E-state index < -0.39 is 0 Å². The lowest BCUT2D eigenvalue weighted by Crippen LogP contribution is -2.45. The van der Waals surface area contributed by atoms with Gasteiger partial charge in [-0.1, -0.05) is 11.6 Å². The first-order valence-corrected chi connectivity index (χ1v) is 9.54. The van der Waals surface area contributed by atoms with Crippen molar-refractivity contribution in [1.82, 2.24) is 15.5 Å². The highest BCUT2D eigenvalue weighted by Crippen LogP contribution is 2.20. The molecule has 2 unspecified atom stereocenters. The number of hydrogen-bond donors (Lipinski definition) is 2. The summed E-state index contributed by atoms with van der Waals surface area (Å²) >= 11 is 5.88. The molecule has 25 heavy (non-hydrogen) atoms. The third-order valence-corrected chi connectivity index (χ3v) is 5.44.